The summed E-state index contributed by atoms with van der Waals surface area (Å²) in [7, 11) is -1.42. The van der Waals surface area contributed by atoms with Crippen LogP contribution in [-0.4, -0.2) is 12.8 Å². The van der Waals surface area contributed by atoms with Crippen LogP contribution >= 0.6 is 8.03 Å². The van der Waals surface area contributed by atoms with Crippen LogP contribution in [0.15, 0.2) is 0 Å². The molecular formula is C36H74O2P+. The maximum Gasteiger partial charge on any atom is 0.508 e. The molecule has 0 amide bonds. The molecule has 0 heterocycles. The van der Waals surface area contributed by atoms with Gasteiger partial charge in [-0.2, -0.15) is 0 Å². The van der Waals surface area contributed by atoms with Crippen LogP contribution in [0.4, 0.5) is 0 Å². The lowest BCUT2D eigenvalue weighted by atomic mass is 10.0. The maximum atomic E-state index is 12.1. The van der Waals surface area contributed by atoms with E-state index in [9.17, 15) is 4.57 Å². The Balaban J connectivity index is 3.14. The van der Waals surface area contributed by atoms with E-state index < -0.39 is 8.03 Å². The SMILES string of the molecule is CCCCCCCCCCCCCCCCCCO[P+](=O)CCCCCCCCCCCCCCCCCC. The van der Waals surface area contributed by atoms with Gasteiger partial charge in [-0.25, -0.2) is 0 Å². The van der Waals surface area contributed by atoms with Crippen LogP contribution in [0.25, 0.3) is 0 Å². The molecule has 39 heavy (non-hydrogen) atoms. The number of rotatable bonds is 35. The third-order valence-electron chi connectivity index (χ3n) is 8.43. The molecule has 0 aliphatic heterocycles. The quantitative estimate of drug-likeness (QED) is 0.0560. The van der Waals surface area contributed by atoms with Gasteiger partial charge in [0.2, 0.25) is 0 Å². The van der Waals surface area contributed by atoms with Crippen LogP contribution in [0, 0.1) is 0 Å². The second kappa shape index (κ2) is 36.1. The normalized spacial score (nSPS) is 11.9. The van der Waals surface area contributed by atoms with Crippen LogP contribution in [0.3, 0.4) is 0 Å². The molecule has 1 atom stereocenters. The van der Waals surface area contributed by atoms with E-state index in [0.717, 1.165) is 19.0 Å². The third-order valence-corrected chi connectivity index (χ3v) is 9.58. The molecule has 1 unspecified atom stereocenters. The van der Waals surface area contributed by atoms with Crippen LogP contribution in [0.2, 0.25) is 0 Å². The molecule has 0 fully saturated rings. The summed E-state index contributed by atoms with van der Waals surface area (Å²) in [5.74, 6) is 0. The van der Waals surface area contributed by atoms with Gasteiger partial charge >= 0.3 is 8.03 Å². The Morgan fingerprint density at radius 2 is 0.564 bits per heavy atom. The van der Waals surface area contributed by atoms with E-state index in [0.29, 0.717) is 6.61 Å². The minimum atomic E-state index is -1.42. The van der Waals surface area contributed by atoms with Crippen molar-refractivity contribution in [1.29, 1.82) is 0 Å². The van der Waals surface area contributed by atoms with Crippen molar-refractivity contribution >= 4 is 8.03 Å². The highest BCUT2D eigenvalue weighted by Crippen LogP contribution is 2.25. The molecule has 0 aromatic heterocycles. The van der Waals surface area contributed by atoms with E-state index in [4.69, 9.17) is 4.52 Å². The van der Waals surface area contributed by atoms with Gasteiger partial charge in [0.15, 0.2) is 6.16 Å². The second-order valence-electron chi connectivity index (χ2n) is 12.5. The van der Waals surface area contributed by atoms with Gasteiger partial charge in [-0.3, -0.25) is 0 Å². The predicted molar refractivity (Wildman–Crippen MR) is 178 cm³/mol. The largest absolute Gasteiger partial charge is 0.508 e. The van der Waals surface area contributed by atoms with Gasteiger partial charge < -0.3 is 0 Å². The van der Waals surface area contributed by atoms with E-state index in [1.54, 1.807) is 0 Å². The highest BCUT2D eigenvalue weighted by molar-refractivity contribution is 7.39. The molecule has 0 aromatic carbocycles. The standard InChI is InChI=1S/C36H74O2P/c1-3-5-7-9-11-13-15-17-19-21-23-25-27-29-31-33-35-38-39(37)36-34-32-30-28-26-24-22-20-18-16-14-12-10-8-6-4-2/h3-36H2,1-2H3/q+1. The van der Waals surface area contributed by atoms with Gasteiger partial charge in [0.05, 0.1) is 0 Å². The van der Waals surface area contributed by atoms with Crippen LogP contribution in [0.5, 0.6) is 0 Å². The van der Waals surface area contributed by atoms with E-state index in [-0.39, 0.29) is 0 Å². The molecule has 0 radical (unpaired) electrons. The van der Waals surface area contributed by atoms with Crippen molar-refractivity contribution in [2.75, 3.05) is 12.8 Å². The Bertz CT molecular complexity index is 453. The van der Waals surface area contributed by atoms with Crippen molar-refractivity contribution < 1.29 is 9.09 Å². The van der Waals surface area contributed by atoms with Crippen molar-refractivity contribution in [2.24, 2.45) is 0 Å². The number of hydrogen-bond acceptors (Lipinski definition) is 2. The first kappa shape index (κ1) is 39.1. The Labute approximate surface area is 248 Å². The fraction of sp³-hybridized carbons (Fsp3) is 1.00. The zero-order chi connectivity index (χ0) is 28.3. The molecule has 0 bridgehead atoms. The lowest BCUT2D eigenvalue weighted by molar-refractivity contribution is 0.315. The molecular weight excluding hydrogens is 495 g/mol. The van der Waals surface area contributed by atoms with E-state index >= 15 is 0 Å². The molecule has 0 rings (SSSR count). The van der Waals surface area contributed by atoms with Crippen molar-refractivity contribution in [3.8, 4) is 0 Å². The molecule has 234 valence electrons. The highest BCUT2D eigenvalue weighted by Gasteiger charge is 2.15. The first-order valence-corrected chi connectivity index (χ1v) is 19.7. The first-order chi connectivity index (χ1) is 19.3. The molecule has 0 aliphatic carbocycles. The van der Waals surface area contributed by atoms with Crippen molar-refractivity contribution in [3.05, 3.63) is 0 Å². The minimum Gasteiger partial charge on any atom is -0.146 e. The topological polar surface area (TPSA) is 26.3 Å². The summed E-state index contributed by atoms with van der Waals surface area (Å²) in [6.45, 7) is 5.29. The van der Waals surface area contributed by atoms with Gasteiger partial charge in [0.1, 0.15) is 6.61 Å². The second-order valence-corrected chi connectivity index (χ2v) is 13.9. The van der Waals surface area contributed by atoms with Gasteiger partial charge in [-0.1, -0.05) is 200 Å². The van der Waals surface area contributed by atoms with Gasteiger partial charge in [0, 0.05) is 0 Å². The summed E-state index contributed by atoms with van der Waals surface area (Å²) >= 11 is 0. The first-order valence-electron chi connectivity index (χ1n) is 18.4. The van der Waals surface area contributed by atoms with Crippen molar-refractivity contribution in [1.82, 2.24) is 0 Å². The lowest BCUT2D eigenvalue weighted by Crippen LogP contribution is -1.90. The van der Waals surface area contributed by atoms with Gasteiger partial charge in [-0.05, 0) is 23.8 Å². The van der Waals surface area contributed by atoms with Gasteiger partial charge in [0.25, 0.3) is 0 Å². The Hall–Kier alpha value is 0.0600. The third kappa shape index (κ3) is 36.0. The maximum absolute atomic E-state index is 12.1. The minimum absolute atomic E-state index is 0.701. The fourth-order valence-corrected chi connectivity index (χ4v) is 6.61. The summed E-state index contributed by atoms with van der Waals surface area (Å²) in [5, 5.41) is 0. The molecule has 0 N–H and O–H groups in total. The number of unbranched alkanes of at least 4 members (excludes halogenated alkanes) is 30. The summed E-state index contributed by atoms with van der Waals surface area (Å²) in [4.78, 5) is 0. The van der Waals surface area contributed by atoms with Crippen LogP contribution in [0.1, 0.15) is 219 Å². The molecule has 0 aromatic rings. The average molecular weight is 570 g/mol. The summed E-state index contributed by atoms with van der Waals surface area (Å²) in [6.07, 6.45) is 45.0. The summed E-state index contributed by atoms with van der Waals surface area (Å²) in [6, 6.07) is 0. The smallest absolute Gasteiger partial charge is 0.146 e. The molecule has 0 saturated heterocycles. The highest BCUT2D eigenvalue weighted by atomic mass is 31.1. The van der Waals surface area contributed by atoms with Crippen molar-refractivity contribution in [2.45, 2.75) is 219 Å². The Kier molecular flexibility index (Phi) is 36.1. The van der Waals surface area contributed by atoms with E-state index in [1.807, 2.05) is 0 Å². The van der Waals surface area contributed by atoms with E-state index in [2.05, 4.69) is 13.8 Å². The molecule has 0 spiro atoms. The molecule has 0 aliphatic rings. The lowest BCUT2D eigenvalue weighted by Gasteiger charge is -2.03. The van der Waals surface area contributed by atoms with Gasteiger partial charge in [-0.15, -0.1) is 4.52 Å². The summed E-state index contributed by atoms with van der Waals surface area (Å²) < 4.78 is 17.7. The van der Waals surface area contributed by atoms with Crippen molar-refractivity contribution in [3.63, 3.8) is 0 Å². The molecule has 2 nitrogen and oxygen atoms in total. The van der Waals surface area contributed by atoms with Crippen LogP contribution in [-0.2, 0) is 9.09 Å². The summed E-state index contributed by atoms with van der Waals surface area (Å²) in [5.41, 5.74) is 0. The van der Waals surface area contributed by atoms with Crippen LogP contribution < -0.4 is 0 Å². The fourth-order valence-electron chi connectivity index (χ4n) is 5.67. The molecule has 0 saturated carbocycles. The van der Waals surface area contributed by atoms with E-state index in [1.165, 1.54) is 193 Å². The monoisotopic (exact) mass is 570 g/mol. The zero-order valence-electron chi connectivity index (χ0n) is 27.3. The number of hydrogen-bond donors (Lipinski definition) is 0. The Morgan fingerprint density at radius 1 is 0.333 bits per heavy atom. The Morgan fingerprint density at radius 3 is 0.846 bits per heavy atom. The predicted octanol–water partition coefficient (Wildman–Crippen LogP) is 14.3. The molecule has 3 heteroatoms. The zero-order valence-corrected chi connectivity index (χ0v) is 28.2. The average Bonchev–Trinajstić information content (AvgIpc) is 2.94.